The summed E-state index contributed by atoms with van der Waals surface area (Å²) in [5.74, 6) is 2.60. The highest BCUT2D eigenvalue weighted by molar-refractivity contribution is 5.56. The van der Waals surface area contributed by atoms with Crippen LogP contribution in [0.15, 0.2) is 36.7 Å². The van der Waals surface area contributed by atoms with Crippen molar-refractivity contribution in [2.24, 2.45) is 11.8 Å². The van der Waals surface area contributed by atoms with E-state index in [4.69, 9.17) is 5.26 Å². The van der Waals surface area contributed by atoms with Gasteiger partial charge in [0.15, 0.2) is 5.82 Å². The van der Waals surface area contributed by atoms with Crippen LogP contribution in [0, 0.1) is 23.2 Å². The predicted octanol–water partition coefficient (Wildman–Crippen LogP) is 7.89. The first kappa shape index (κ1) is 23.5. The number of hydrogen-bond acceptors (Lipinski definition) is 3. The SMILES string of the molecule is CCCCCCCCC[C@H]1CC[C@H](CCc2cnc(-c3ccc(C#N)cc3)nc2)CC1. The van der Waals surface area contributed by atoms with E-state index in [2.05, 4.69) is 23.0 Å². The second-order valence-corrected chi connectivity index (χ2v) is 9.44. The molecule has 1 heterocycles. The zero-order valence-corrected chi connectivity index (χ0v) is 19.4. The van der Waals surface area contributed by atoms with Gasteiger partial charge in [0.25, 0.3) is 0 Å². The molecule has 3 heteroatoms. The Bertz CT molecular complexity index is 781. The minimum Gasteiger partial charge on any atom is -0.236 e. The van der Waals surface area contributed by atoms with E-state index in [0.717, 1.165) is 29.6 Å². The summed E-state index contributed by atoms with van der Waals surface area (Å²) in [6, 6.07) is 9.61. The van der Waals surface area contributed by atoms with Gasteiger partial charge in [-0.2, -0.15) is 5.26 Å². The first-order valence-corrected chi connectivity index (χ1v) is 12.6. The zero-order valence-electron chi connectivity index (χ0n) is 19.4. The first-order valence-electron chi connectivity index (χ1n) is 12.6. The molecule has 0 N–H and O–H groups in total. The van der Waals surface area contributed by atoms with Gasteiger partial charge in [-0.3, -0.25) is 0 Å². The molecule has 3 nitrogen and oxygen atoms in total. The van der Waals surface area contributed by atoms with E-state index in [9.17, 15) is 0 Å². The largest absolute Gasteiger partial charge is 0.236 e. The average Bonchev–Trinajstić information content (AvgIpc) is 2.83. The van der Waals surface area contributed by atoms with Crippen LogP contribution in [0.25, 0.3) is 11.4 Å². The summed E-state index contributed by atoms with van der Waals surface area (Å²) in [6.07, 6.45) is 23.4. The molecule has 1 aromatic heterocycles. The van der Waals surface area contributed by atoms with Gasteiger partial charge in [0, 0.05) is 18.0 Å². The highest BCUT2D eigenvalue weighted by atomic mass is 14.9. The minimum absolute atomic E-state index is 0.664. The molecule has 0 unspecified atom stereocenters. The van der Waals surface area contributed by atoms with Crippen molar-refractivity contribution in [3.63, 3.8) is 0 Å². The van der Waals surface area contributed by atoms with Gasteiger partial charge in [-0.15, -0.1) is 0 Å². The van der Waals surface area contributed by atoms with Crippen molar-refractivity contribution in [3.05, 3.63) is 47.8 Å². The van der Waals surface area contributed by atoms with Crippen molar-refractivity contribution in [1.82, 2.24) is 9.97 Å². The third-order valence-electron chi connectivity index (χ3n) is 7.00. The summed E-state index contributed by atoms with van der Waals surface area (Å²) >= 11 is 0. The molecule has 1 fully saturated rings. The highest BCUT2D eigenvalue weighted by Crippen LogP contribution is 2.34. The highest BCUT2D eigenvalue weighted by Gasteiger charge is 2.20. The third-order valence-corrected chi connectivity index (χ3v) is 7.00. The fourth-order valence-electron chi connectivity index (χ4n) is 4.90. The number of hydrogen-bond donors (Lipinski definition) is 0. The maximum atomic E-state index is 8.92. The molecule has 0 atom stereocenters. The standard InChI is InChI=1S/C28H39N3/c1-2-3-4-5-6-7-8-9-23-10-12-24(13-11-23)14-15-26-21-30-28(31-22-26)27-18-16-25(20-29)17-19-27/h16-19,21-24H,2-15H2,1H3/t23-,24-. The lowest BCUT2D eigenvalue weighted by atomic mass is 9.78. The Morgan fingerprint density at radius 2 is 1.39 bits per heavy atom. The van der Waals surface area contributed by atoms with Crippen molar-refractivity contribution >= 4 is 0 Å². The van der Waals surface area contributed by atoms with Gasteiger partial charge in [-0.25, -0.2) is 9.97 Å². The lowest BCUT2D eigenvalue weighted by molar-refractivity contribution is 0.248. The van der Waals surface area contributed by atoms with Gasteiger partial charge in [0.1, 0.15) is 0 Å². The number of benzene rings is 1. The van der Waals surface area contributed by atoms with Gasteiger partial charge in [-0.1, -0.05) is 84.0 Å². The normalized spacial score (nSPS) is 18.6. The summed E-state index contributed by atoms with van der Waals surface area (Å²) in [5.41, 5.74) is 2.87. The van der Waals surface area contributed by atoms with Crippen molar-refractivity contribution in [2.45, 2.75) is 96.8 Å². The second-order valence-electron chi connectivity index (χ2n) is 9.44. The topological polar surface area (TPSA) is 49.6 Å². The van der Waals surface area contributed by atoms with Crippen LogP contribution in [0.1, 0.15) is 102 Å². The van der Waals surface area contributed by atoms with Crippen LogP contribution >= 0.6 is 0 Å². The monoisotopic (exact) mass is 417 g/mol. The van der Waals surface area contributed by atoms with E-state index in [1.165, 1.54) is 89.0 Å². The molecule has 1 aliphatic rings. The maximum Gasteiger partial charge on any atom is 0.159 e. The summed E-state index contributed by atoms with van der Waals surface area (Å²) in [6.45, 7) is 2.29. The summed E-state index contributed by atoms with van der Waals surface area (Å²) < 4.78 is 0. The number of rotatable bonds is 12. The Hall–Kier alpha value is -2.21. The van der Waals surface area contributed by atoms with Gasteiger partial charge in [-0.05, 0) is 54.5 Å². The predicted molar refractivity (Wildman–Crippen MR) is 129 cm³/mol. The second kappa shape index (κ2) is 13.3. The fraction of sp³-hybridized carbons (Fsp3) is 0.607. The number of aromatic nitrogens is 2. The van der Waals surface area contributed by atoms with Crippen molar-refractivity contribution in [1.29, 1.82) is 5.26 Å². The third kappa shape index (κ3) is 8.09. The molecule has 166 valence electrons. The number of nitrogens with zero attached hydrogens (tertiary/aromatic N) is 3. The molecule has 0 saturated heterocycles. The Morgan fingerprint density at radius 1 is 0.806 bits per heavy atom. The van der Waals surface area contributed by atoms with Crippen LogP contribution < -0.4 is 0 Å². The minimum atomic E-state index is 0.664. The molecule has 3 rings (SSSR count). The number of aryl methyl sites for hydroxylation is 1. The van der Waals surface area contributed by atoms with E-state index < -0.39 is 0 Å². The lowest BCUT2D eigenvalue weighted by Gasteiger charge is -2.28. The van der Waals surface area contributed by atoms with Gasteiger partial charge in [0.05, 0.1) is 11.6 Å². The Kier molecular flexibility index (Phi) is 10.0. The van der Waals surface area contributed by atoms with E-state index in [1.54, 1.807) is 0 Å². The maximum absolute atomic E-state index is 8.92. The molecule has 1 aliphatic carbocycles. The van der Waals surface area contributed by atoms with Crippen LogP contribution in [0.5, 0.6) is 0 Å². The zero-order chi connectivity index (χ0) is 21.7. The molecule has 31 heavy (non-hydrogen) atoms. The smallest absolute Gasteiger partial charge is 0.159 e. The average molecular weight is 418 g/mol. The van der Waals surface area contributed by atoms with Crippen molar-refractivity contribution < 1.29 is 0 Å². The van der Waals surface area contributed by atoms with E-state index in [0.29, 0.717) is 5.56 Å². The quantitative estimate of drug-likeness (QED) is 0.330. The van der Waals surface area contributed by atoms with Crippen LogP contribution in [0.2, 0.25) is 0 Å². The molecular weight excluding hydrogens is 378 g/mol. The number of nitriles is 1. The fourth-order valence-corrected chi connectivity index (χ4v) is 4.90. The van der Waals surface area contributed by atoms with Gasteiger partial charge < -0.3 is 0 Å². The van der Waals surface area contributed by atoms with Crippen LogP contribution in [-0.4, -0.2) is 9.97 Å². The number of unbranched alkanes of at least 4 members (excludes halogenated alkanes) is 6. The molecule has 0 amide bonds. The summed E-state index contributed by atoms with van der Waals surface area (Å²) in [4.78, 5) is 9.10. The lowest BCUT2D eigenvalue weighted by Crippen LogP contribution is -2.15. The van der Waals surface area contributed by atoms with Crippen molar-refractivity contribution in [3.8, 4) is 17.5 Å². The van der Waals surface area contributed by atoms with Gasteiger partial charge >= 0.3 is 0 Å². The summed E-state index contributed by atoms with van der Waals surface area (Å²) in [5, 5.41) is 8.92. The van der Waals surface area contributed by atoms with E-state index >= 15 is 0 Å². The molecule has 0 radical (unpaired) electrons. The molecular formula is C28H39N3. The van der Waals surface area contributed by atoms with Crippen LogP contribution in [-0.2, 0) is 6.42 Å². The molecule has 0 aliphatic heterocycles. The molecule has 0 bridgehead atoms. The molecule has 1 saturated carbocycles. The van der Waals surface area contributed by atoms with Crippen molar-refractivity contribution in [2.75, 3.05) is 0 Å². The van der Waals surface area contributed by atoms with Crippen LogP contribution in [0.3, 0.4) is 0 Å². The van der Waals surface area contributed by atoms with E-state index in [-0.39, 0.29) is 0 Å². The Morgan fingerprint density at radius 3 is 2.00 bits per heavy atom. The Balaban J connectivity index is 1.31. The Labute approximate surface area is 189 Å². The first-order chi connectivity index (χ1) is 15.3. The summed E-state index contributed by atoms with van der Waals surface area (Å²) in [7, 11) is 0. The molecule has 2 aromatic rings. The van der Waals surface area contributed by atoms with Gasteiger partial charge in [0.2, 0.25) is 0 Å². The molecule has 0 spiro atoms. The van der Waals surface area contributed by atoms with E-state index in [1.807, 2.05) is 36.7 Å². The van der Waals surface area contributed by atoms with Crippen LogP contribution in [0.4, 0.5) is 0 Å². The molecule has 1 aromatic carbocycles.